The maximum Gasteiger partial charge on any atom is 0.336 e. The Morgan fingerprint density at radius 1 is 1.29 bits per heavy atom. The van der Waals surface area contributed by atoms with Crippen LogP contribution >= 0.6 is 0 Å². The number of benzene rings is 1. The minimum atomic E-state index is -0.865. The number of fused-ring (bicyclic) bond motifs is 1. The highest BCUT2D eigenvalue weighted by Crippen LogP contribution is 2.27. The molecule has 1 aliphatic carbocycles. The molecule has 0 saturated carbocycles. The predicted molar refractivity (Wildman–Crippen MR) is 54.5 cm³/mol. The number of nitrogen functional groups attached to an aromatic ring is 1. The fourth-order valence-electron chi connectivity index (χ4n) is 2.08. The second kappa shape index (κ2) is 3.33. The molecule has 0 aromatic heterocycles. The molecule has 0 saturated heterocycles. The van der Waals surface area contributed by atoms with E-state index in [1.807, 2.05) is 6.07 Å². The van der Waals surface area contributed by atoms with Gasteiger partial charge in [0.1, 0.15) is 0 Å². The van der Waals surface area contributed by atoms with E-state index < -0.39 is 5.97 Å². The lowest BCUT2D eigenvalue weighted by molar-refractivity contribution is 0.0695. The largest absolute Gasteiger partial charge is 0.478 e. The van der Waals surface area contributed by atoms with E-state index in [0.717, 1.165) is 36.8 Å². The number of hydrogen-bond acceptors (Lipinski definition) is 2. The molecule has 0 aliphatic heterocycles. The summed E-state index contributed by atoms with van der Waals surface area (Å²) in [6.07, 6.45) is 4.05. The van der Waals surface area contributed by atoms with Crippen molar-refractivity contribution in [1.29, 1.82) is 0 Å². The van der Waals surface area contributed by atoms with E-state index in [1.165, 1.54) is 0 Å². The molecule has 2 rings (SSSR count). The summed E-state index contributed by atoms with van der Waals surface area (Å²) in [5.41, 5.74) is 8.71. The molecular weight excluding hydrogens is 178 g/mol. The molecule has 3 nitrogen and oxygen atoms in total. The van der Waals surface area contributed by atoms with Crippen LogP contribution in [0.25, 0.3) is 0 Å². The van der Waals surface area contributed by atoms with Gasteiger partial charge >= 0.3 is 5.97 Å². The topological polar surface area (TPSA) is 63.3 Å². The fourth-order valence-corrected chi connectivity index (χ4v) is 2.08. The summed E-state index contributed by atoms with van der Waals surface area (Å²) in [5.74, 6) is -0.865. The van der Waals surface area contributed by atoms with Crippen LogP contribution in [0.2, 0.25) is 0 Å². The summed E-state index contributed by atoms with van der Waals surface area (Å²) in [6.45, 7) is 0. The number of carbonyl (C=O) groups is 1. The molecule has 0 fully saturated rings. The smallest absolute Gasteiger partial charge is 0.336 e. The van der Waals surface area contributed by atoms with Gasteiger partial charge < -0.3 is 10.8 Å². The van der Waals surface area contributed by atoms with Crippen LogP contribution in [0.3, 0.4) is 0 Å². The number of aryl methyl sites for hydroxylation is 1. The third kappa shape index (κ3) is 1.45. The van der Waals surface area contributed by atoms with Crippen LogP contribution in [0.15, 0.2) is 12.1 Å². The van der Waals surface area contributed by atoms with Crippen molar-refractivity contribution in [3.63, 3.8) is 0 Å². The summed E-state index contributed by atoms with van der Waals surface area (Å²) in [6, 6.07) is 3.47. The SMILES string of the molecule is Nc1cc2c(c(C(=O)O)c1)CCCC2. The zero-order chi connectivity index (χ0) is 10.1. The zero-order valence-corrected chi connectivity index (χ0v) is 7.92. The molecule has 74 valence electrons. The zero-order valence-electron chi connectivity index (χ0n) is 7.92. The first kappa shape index (κ1) is 9.06. The summed E-state index contributed by atoms with van der Waals surface area (Å²) in [4.78, 5) is 11.0. The van der Waals surface area contributed by atoms with Crippen molar-refractivity contribution in [3.8, 4) is 0 Å². The van der Waals surface area contributed by atoms with E-state index in [2.05, 4.69) is 0 Å². The highest BCUT2D eigenvalue weighted by Gasteiger charge is 2.17. The van der Waals surface area contributed by atoms with Gasteiger partial charge in [-0.25, -0.2) is 4.79 Å². The van der Waals surface area contributed by atoms with Gasteiger partial charge in [-0.05, 0) is 48.9 Å². The van der Waals surface area contributed by atoms with E-state index in [0.29, 0.717) is 11.3 Å². The first-order valence-corrected chi connectivity index (χ1v) is 4.83. The molecule has 3 heteroatoms. The summed E-state index contributed by atoms with van der Waals surface area (Å²) >= 11 is 0. The van der Waals surface area contributed by atoms with Crippen LogP contribution in [-0.2, 0) is 12.8 Å². The van der Waals surface area contributed by atoms with Gasteiger partial charge in [0.05, 0.1) is 5.56 Å². The summed E-state index contributed by atoms with van der Waals surface area (Å²) in [7, 11) is 0. The first-order valence-electron chi connectivity index (χ1n) is 4.83. The van der Waals surface area contributed by atoms with Crippen LogP contribution in [0, 0.1) is 0 Å². The summed E-state index contributed by atoms with van der Waals surface area (Å²) in [5, 5.41) is 9.01. The molecule has 0 heterocycles. The van der Waals surface area contributed by atoms with Gasteiger partial charge in [0, 0.05) is 5.69 Å². The molecule has 0 amide bonds. The van der Waals surface area contributed by atoms with Crippen LogP contribution in [0.4, 0.5) is 5.69 Å². The van der Waals surface area contributed by atoms with Crippen molar-refractivity contribution in [3.05, 3.63) is 28.8 Å². The third-order valence-corrected chi connectivity index (χ3v) is 2.72. The van der Waals surface area contributed by atoms with E-state index in [1.54, 1.807) is 6.07 Å². The van der Waals surface area contributed by atoms with E-state index in [4.69, 9.17) is 10.8 Å². The number of rotatable bonds is 1. The highest BCUT2D eigenvalue weighted by atomic mass is 16.4. The van der Waals surface area contributed by atoms with Crippen LogP contribution in [0.1, 0.15) is 34.3 Å². The molecule has 0 unspecified atom stereocenters. The van der Waals surface area contributed by atoms with E-state index in [9.17, 15) is 4.79 Å². The van der Waals surface area contributed by atoms with Gasteiger partial charge in [0.15, 0.2) is 0 Å². The van der Waals surface area contributed by atoms with E-state index in [-0.39, 0.29) is 0 Å². The Kier molecular flexibility index (Phi) is 2.15. The lowest BCUT2D eigenvalue weighted by Gasteiger charge is -2.18. The number of hydrogen-bond donors (Lipinski definition) is 2. The molecule has 3 N–H and O–H groups in total. The average molecular weight is 191 g/mol. The maximum absolute atomic E-state index is 11.0. The van der Waals surface area contributed by atoms with Gasteiger partial charge in [-0.3, -0.25) is 0 Å². The normalized spacial score (nSPS) is 14.9. The minimum absolute atomic E-state index is 0.389. The number of carboxylic acids is 1. The van der Waals surface area contributed by atoms with Gasteiger partial charge in [0.2, 0.25) is 0 Å². The molecular formula is C11H13NO2. The molecule has 0 bridgehead atoms. The quantitative estimate of drug-likeness (QED) is 0.666. The Labute approximate surface area is 82.5 Å². The Hall–Kier alpha value is -1.51. The van der Waals surface area contributed by atoms with E-state index >= 15 is 0 Å². The highest BCUT2D eigenvalue weighted by molar-refractivity contribution is 5.91. The van der Waals surface area contributed by atoms with Gasteiger partial charge in [-0.15, -0.1) is 0 Å². The lowest BCUT2D eigenvalue weighted by atomic mass is 9.88. The van der Waals surface area contributed by atoms with Crippen LogP contribution < -0.4 is 5.73 Å². The van der Waals surface area contributed by atoms with Crippen LogP contribution in [0.5, 0.6) is 0 Å². The van der Waals surface area contributed by atoms with Crippen molar-refractivity contribution in [2.45, 2.75) is 25.7 Å². The van der Waals surface area contributed by atoms with Gasteiger partial charge in [-0.2, -0.15) is 0 Å². The number of anilines is 1. The Morgan fingerprint density at radius 2 is 2.00 bits per heavy atom. The van der Waals surface area contributed by atoms with Crippen LogP contribution in [-0.4, -0.2) is 11.1 Å². The number of carboxylic acid groups (broad SMARTS) is 1. The second-order valence-electron chi connectivity index (χ2n) is 3.72. The molecule has 0 radical (unpaired) electrons. The molecule has 0 atom stereocenters. The Balaban J connectivity index is 2.58. The standard InChI is InChI=1S/C11H13NO2/c12-8-5-7-3-1-2-4-9(7)10(6-8)11(13)14/h5-6H,1-4,12H2,(H,13,14). The predicted octanol–water partition coefficient (Wildman–Crippen LogP) is 1.85. The lowest BCUT2D eigenvalue weighted by Crippen LogP contribution is -2.11. The average Bonchev–Trinajstić information content (AvgIpc) is 2.16. The molecule has 14 heavy (non-hydrogen) atoms. The first-order chi connectivity index (χ1) is 6.68. The minimum Gasteiger partial charge on any atom is -0.478 e. The van der Waals surface area contributed by atoms with Crippen molar-refractivity contribution < 1.29 is 9.90 Å². The maximum atomic E-state index is 11.0. The molecule has 0 spiro atoms. The molecule has 1 aromatic carbocycles. The third-order valence-electron chi connectivity index (χ3n) is 2.72. The van der Waals surface area contributed by atoms with Gasteiger partial charge in [0.25, 0.3) is 0 Å². The van der Waals surface area contributed by atoms with Crippen molar-refractivity contribution in [1.82, 2.24) is 0 Å². The number of aromatic carboxylic acids is 1. The monoisotopic (exact) mass is 191 g/mol. The van der Waals surface area contributed by atoms with Crippen molar-refractivity contribution in [2.24, 2.45) is 0 Å². The van der Waals surface area contributed by atoms with Gasteiger partial charge in [-0.1, -0.05) is 0 Å². The molecule has 1 aliphatic rings. The van der Waals surface area contributed by atoms with Crippen molar-refractivity contribution >= 4 is 11.7 Å². The fraction of sp³-hybridized carbons (Fsp3) is 0.364. The number of nitrogens with two attached hydrogens (primary N) is 1. The summed E-state index contributed by atoms with van der Waals surface area (Å²) < 4.78 is 0. The molecule has 1 aromatic rings. The van der Waals surface area contributed by atoms with Crippen molar-refractivity contribution in [2.75, 3.05) is 5.73 Å². The second-order valence-corrected chi connectivity index (χ2v) is 3.72. The Morgan fingerprint density at radius 3 is 2.71 bits per heavy atom. The Bertz CT molecular complexity index is 385.